The van der Waals surface area contributed by atoms with Gasteiger partial charge in [-0.2, -0.15) is 0 Å². The zero-order valence-electron chi connectivity index (χ0n) is 16.3. The zero-order chi connectivity index (χ0) is 19.4. The number of anilines is 1. The first-order valence-corrected chi connectivity index (χ1v) is 9.74. The second kappa shape index (κ2) is 9.37. The van der Waals surface area contributed by atoms with Gasteiger partial charge in [0, 0.05) is 37.3 Å². The van der Waals surface area contributed by atoms with E-state index in [0.717, 1.165) is 41.2 Å². The molecule has 2 aromatic carbocycles. The van der Waals surface area contributed by atoms with Crippen LogP contribution < -0.4 is 20.5 Å². The van der Waals surface area contributed by atoms with E-state index in [2.05, 4.69) is 11.4 Å². The van der Waals surface area contributed by atoms with Crippen molar-refractivity contribution in [1.82, 2.24) is 5.32 Å². The van der Waals surface area contributed by atoms with Crippen LogP contribution in [-0.2, 0) is 21.4 Å². The molecular weight excluding hydrogens is 392 g/mol. The number of rotatable bonds is 6. The lowest BCUT2D eigenvalue weighted by atomic mass is 9.74. The van der Waals surface area contributed by atoms with E-state index >= 15 is 0 Å². The molecule has 1 amide bonds. The molecule has 2 aliphatic heterocycles. The van der Waals surface area contributed by atoms with E-state index in [1.54, 1.807) is 0 Å². The van der Waals surface area contributed by atoms with E-state index in [0.29, 0.717) is 32.6 Å². The first kappa shape index (κ1) is 21.3. The molecule has 6 nitrogen and oxygen atoms in total. The van der Waals surface area contributed by atoms with Gasteiger partial charge in [-0.15, -0.1) is 12.4 Å². The Kier molecular flexibility index (Phi) is 6.87. The molecule has 0 unspecified atom stereocenters. The number of hydrogen-bond acceptors (Lipinski definition) is 5. The molecule has 0 atom stereocenters. The number of aryl methyl sites for hydroxylation is 1. The van der Waals surface area contributed by atoms with Crippen LogP contribution >= 0.6 is 12.4 Å². The Morgan fingerprint density at radius 2 is 1.83 bits per heavy atom. The number of fused-ring (bicyclic) bond motifs is 1. The number of benzene rings is 2. The van der Waals surface area contributed by atoms with Crippen LogP contribution in [0.5, 0.6) is 11.5 Å². The van der Waals surface area contributed by atoms with Gasteiger partial charge in [-0.1, -0.05) is 24.3 Å². The van der Waals surface area contributed by atoms with Gasteiger partial charge < -0.3 is 25.3 Å². The minimum absolute atomic E-state index is 0. The van der Waals surface area contributed by atoms with Gasteiger partial charge in [0.25, 0.3) is 0 Å². The van der Waals surface area contributed by atoms with E-state index in [-0.39, 0.29) is 30.5 Å². The van der Waals surface area contributed by atoms with Gasteiger partial charge in [-0.3, -0.25) is 4.79 Å². The largest absolute Gasteiger partial charge is 0.454 e. The number of para-hydroxylation sites is 1. The third kappa shape index (κ3) is 4.77. The first-order chi connectivity index (χ1) is 13.7. The van der Waals surface area contributed by atoms with Gasteiger partial charge in [-0.25, -0.2) is 0 Å². The molecule has 156 valence electrons. The maximum absolute atomic E-state index is 12.5. The topological polar surface area (TPSA) is 82.8 Å². The summed E-state index contributed by atoms with van der Waals surface area (Å²) in [5.41, 5.74) is 8.72. The molecule has 0 bridgehead atoms. The van der Waals surface area contributed by atoms with Crippen molar-refractivity contribution in [3.63, 3.8) is 0 Å². The Balaban J connectivity index is 0.00000240. The molecule has 0 spiro atoms. The molecule has 4 rings (SSSR count). The Labute approximate surface area is 177 Å². The average Bonchev–Trinajstić information content (AvgIpc) is 3.20. The SMILES string of the molecule is Cl.Nc1ccccc1CCC(=O)NCC1(c2ccc3c(c2)OCO3)CCOCC1. The number of nitrogens with two attached hydrogens (primary N) is 1. The van der Waals surface area contributed by atoms with Crippen LogP contribution in [0.15, 0.2) is 42.5 Å². The van der Waals surface area contributed by atoms with Crippen LogP contribution in [-0.4, -0.2) is 32.5 Å². The third-order valence-corrected chi connectivity index (χ3v) is 5.74. The number of carbonyl (C=O) groups is 1. The van der Waals surface area contributed by atoms with E-state index in [9.17, 15) is 4.79 Å². The fraction of sp³-hybridized carbons (Fsp3) is 0.409. The van der Waals surface area contributed by atoms with Crippen molar-refractivity contribution in [3.05, 3.63) is 53.6 Å². The number of halogens is 1. The predicted molar refractivity (Wildman–Crippen MR) is 114 cm³/mol. The minimum Gasteiger partial charge on any atom is -0.454 e. The van der Waals surface area contributed by atoms with Gasteiger partial charge >= 0.3 is 0 Å². The summed E-state index contributed by atoms with van der Waals surface area (Å²) < 4.78 is 16.6. The maximum atomic E-state index is 12.5. The van der Waals surface area contributed by atoms with Crippen molar-refractivity contribution in [2.45, 2.75) is 31.1 Å². The normalized spacial score (nSPS) is 16.7. The highest BCUT2D eigenvalue weighted by molar-refractivity contribution is 5.85. The molecule has 2 aliphatic rings. The summed E-state index contributed by atoms with van der Waals surface area (Å²) in [4.78, 5) is 12.5. The molecule has 0 saturated carbocycles. The number of hydrogen-bond donors (Lipinski definition) is 2. The monoisotopic (exact) mass is 418 g/mol. The fourth-order valence-electron chi connectivity index (χ4n) is 3.92. The van der Waals surface area contributed by atoms with Crippen LogP contribution in [0.3, 0.4) is 0 Å². The molecule has 1 saturated heterocycles. The van der Waals surface area contributed by atoms with Crippen LogP contribution in [0, 0.1) is 0 Å². The van der Waals surface area contributed by atoms with Crippen molar-refractivity contribution < 1.29 is 19.0 Å². The summed E-state index contributed by atoms with van der Waals surface area (Å²) in [6.45, 7) is 2.21. The van der Waals surface area contributed by atoms with Gasteiger partial charge in [0.05, 0.1) is 0 Å². The molecule has 29 heavy (non-hydrogen) atoms. The summed E-state index contributed by atoms with van der Waals surface area (Å²) in [5.74, 6) is 1.58. The van der Waals surface area contributed by atoms with Crippen molar-refractivity contribution in [2.75, 3.05) is 32.3 Å². The van der Waals surface area contributed by atoms with Crippen LogP contribution in [0.4, 0.5) is 5.69 Å². The smallest absolute Gasteiger partial charge is 0.231 e. The van der Waals surface area contributed by atoms with E-state index in [4.69, 9.17) is 19.9 Å². The highest BCUT2D eigenvalue weighted by Crippen LogP contribution is 2.40. The fourth-order valence-corrected chi connectivity index (χ4v) is 3.92. The van der Waals surface area contributed by atoms with Crippen molar-refractivity contribution >= 4 is 24.0 Å². The molecule has 2 aromatic rings. The predicted octanol–water partition coefficient (Wildman–Crippen LogP) is 3.22. The molecule has 1 fully saturated rings. The first-order valence-electron chi connectivity index (χ1n) is 9.74. The number of nitrogen functional groups attached to an aromatic ring is 1. The van der Waals surface area contributed by atoms with Crippen molar-refractivity contribution in [2.24, 2.45) is 0 Å². The third-order valence-electron chi connectivity index (χ3n) is 5.74. The van der Waals surface area contributed by atoms with E-state index in [1.165, 1.54) is 0 Å². The summed E-state index contributed by atoms with van der Waals surface area (Å²) in [6.07, 6.45) is 2.78. The van der Waals surface area contributed by atoms with Gasteiger partial charge in [0.1, 0.15) is 0 Å². The number of nitrogens with one attached hydrogen (secondary N) is 1. The van der Waals surface area contributed by atoms with Crippen molar-refractivity contribution in [3.8, 4) is 11.5 Å². The molecule has 2 heterocycles. The van der Waals surface area contributed by atoms with Crippen LogP contribution in [0.1, 0.15) is 30.4 Å². The van der Waals surface area contributed by atoms with Crippen LogP contribution in [0.2, 0.25) is 0 Å². The second-order valence-corrected chi connectivity index (χ2v) is 7.44. The number of amides is 1. The summed E-state index contributed by atoms with van der Waals surface area (Å²) in [5, 5.41) is 3.14. The second-order valence-electron chi connectivity index (χ2n) is 7.44. The van der Waals surface area contributed by atoms with E-state index < -0.39 is 0 Å². The van der Waals surface area contributed by atoms with Crippen LogP contribution in [0.25, 0.3) is 0 Å². The highest BCUT2D eigenvalue weighted by Gasteiger charge is 2.36. The average molecular weight is 419 g/mol. The maximum Gasteiger partial charge on any atom is 0.231 e. The summed E-state index contributed by atoms with van der Waals surface area (Å²) >= 11 is 0. The minimum atomic E-state index is -0.152. The molecule has 0 aliphatic carbocycles. The molecule has 0 radical (unpaired) electrons. The summed E-state index contributed by atoms with van der Waals surface area (Å²) in [6, 6.07) is 13.8. The highest BCUT2D eigenvalue weighted by atomic mass is 35.5. The Morgan fingerprint density at radius 3 is 2.62 bits per heavy atom. The Bertz CT molecular complexity index is 852. The molecule has 3 N–H and O–H groups in total. The molecule has 0 aromatic heterocycles. The lowest BCUT2D eigenvalue weighted by Crippen LogP contribution is -2.44. The molecule has 7 heteroatoms. The van der Waals surface area contributed by atoms with Gasteiger partial charge in [0.15, 0.2) is 11.5 Å². The standard InChI is InChI=1S/C22H26N2O4.ClH/c23-18-4-2-1-3-16(18)5-8-21(25)24-14-22(9-11-26-12-10-22)17-6-7-19-20(13-17)28-15-27-19;/h1-4,6-7,13H,5,8-12,14-15,23H2,(H,24,25);1H. The number of ether oxygens (including phenoxy) is 3. The number of carbonyl (C=O) groups excluding carboxylic acids is 1. The van der Waals surface area contributed by atoms with Crippen molar-refractivity contribution in [1.29, 1.82) is 0 Å². The Hall–Kier alpha value is -2.44. The zero-order valence-corrected chi connectivity index (χ0v) is 17.1. The lowest BCUT2D eigenvalue weighted by molar-refractivity contribution is -0.121. The van der Waals surface area contributed by atoms with Gasteiger partial charge in [0.2, 0.25) is 12.7 Å². The van der Waals surface area contributed by atoms with Gasteiger partial charge in [-0.05, 0) is 48.6 Å². The molecular formula is C22H27ClN2O4. The lowest BCUT2D eigenvalue weighted by Gasteiger charge is -2.38. The Morgan fingerprint density at radius 1 is 1.07 bits per heavy atom. The quantitative estimate of drug-likeness (QED) is 0.704. The summed E-state index contributed by atoms with van der Waals surface area (Å²) in [7, 11) is 0. The van der Waals surface area contributed by atoms with E-state index in [1.807, 2.05) is 36.4 Å².